The van der Waals surface area contributed by atoms with Gasteiger partial charge in [-0.3, -0.25) is 5.32 Å². The molecule has 0 heterocycles. The fourth-order valence-corrected chi connectivity index (χ4v) is 1.67. The number of ether oxygens (including phenoxy) is 2. The molecule has 1 N–H and O–H groups in total. The van der Waals surface area contributed by atoms with Gasteiger partial charge in [0.1, 0.15) is 11.5 Å². The second-order valence-corrected chi connectivity index (χ2v) is 4.03. The zero-order valence-electron chi connectivity index (χ0n) is 10.8. The second kappa shape index (κ2) is 5.91. The molecule has 0 radical (unpaired) electrons. The topological polar surface area (TPSA) is 47.6 Å². The van der Waals surface area contributed by atoms with Crippen molar-refractivity contribution in [3.05, 3.63) is 54.1 Å². The van der Waals surface area contributed by atoms with E-state index in [1.54, 1.807) is 31.4 Å². The molecule has 4 nitrogen and oxygen atoms in total. The lowest BCUT2D eigenvalue weighted by atomic mass is 10.2. The van der Waals surface area contributed by atoms with Crippen molar-refractivity contribution in [3.63, 3.8) is 0 Å². The van der Waals surface area contributed by atoms with Crippen LogP contribution in [0.25, 0.3) is 0 Å². The van der Waals surface area contributed by atoms with Crippen LogP contribution in [0.3, 0.4) is 0 Å². The molecule has 0 aliphatic heterocycles. The van der Waals surface area contributed by atoms with Gasteiger partial charge in [-0.1, -0.05) is 24.3 Å². The summed E-state index contributed by atoms with van der Waals surface area (Å²) < 4.78 is 10.3. The third kappa shape index (κ3) is 3.48. The molecule has 2 aromatic rings. The molecule has 2 rings (SSSR count). The Hall–Kier alpha value is -2.49. The molecule has 0 aromatic heterocycles. The van der Waals surface area contributed by atoms with Crippen LogP contribution in [0.1, 0.15) is 5.56 Å². The summed E-state index contributed by atoms with van der Waals surface area (Å²) in [7, 11) is 1.55. The predicted octanol–water partition coefficient (Wildman–Crippen LogP) is 3.61. The minimum atomic E-state index is -0.546. The second-order valence-electron chi connectivity index (χ2n) is 4.03. The highest BCUT2D eigenvalue weighted by Gasteiger charge is 2.08. The molecule has 0 bridgehead atoms. The molecule has 0 aliphatic rings. The summed E-state index contributed by atoms with van der Waals surface area (Å²) in [5.41, 5.74) is 1.60. The fourth-order valence-electron chi connectivity index (χ4n) is 1.67. The Bertz CT molecular complexity index is 581. The Labute approximate surface area is 112 Å². The molecule has 98 valence electrons. The summed E-state index contributed by atoms with van der Waals surface area (Å²) in [5, 5.41) is 2.64. The first-order chi connectivity index (χ1) is 9.19. The zero-order valence-corrected chi connectivity index (χ0v) is 10.8. The van der Waals surface area contributed by atoms with E-state index in [1.165, 1.54) is 0 Å². The number of carbonyl (C=O) groups excluding carboxylic acids is 1. The van der Waals surface area contributed by atoms with Gasteiger partial charge in [0.2, 0.25) is 0 Å². The van der Waals surface area contributed by atoms with Crippen molar-refractivity contribution in [2.45, 2.75) is 6.92 Å². The lowest BCUT2D eigenvalue weighted by Crippen LogP contribution is -2.17. The summed E-state index contributed by atoms with van der Waals surface area (Å²) in [6.45, 7) is 1.94. The molecule has 2 aromatic carbocycles. The third-order valence-corrected chi connectivity index (χ3v) is 2.54. The van der Waals surface area contributed by atoms with Crippen LogP contribution in [0.4, 0.5) is 10.5 Å². The molecular weight excluding hydrogens is 242 g/mol. The maximum atomic E-state index is 11.8. The standard InChI is InChI=1S/C15H15NO3/c1-11-6-5-7-12(10-11)19-15(17)16-13-8-3-4-9-14(13)18-2/h3-10H,1-2H3,(H,16,17). The fraction of sp³-hybridized carbons (Fsp3) is 0.133. The largest absolute Gasteiger partial charge is 0.495 e. The number of hydrogen-bond acceptors (Lipinski definition) is 3. The van der Waals surface area contributed by atoms with Crippen LogP contribution in [0, 0.1) is 6.92 Å². The van der Waals surface area contributed by atoms with Crippen molar-refractivity contribution in [2.24, 2.45) is 0 Å². The minimum absolute atomic E-state index is 0.507. The van der Waals surface area contributed by atoms with Crippen molar-refractivity contribution in [3.8, 4) is 11.5 Å². The van der Waals surface area contributed by atoms with Crippen molar-refractivity contribution in [1.29, 1.82) is 0 Å². The number of benzene rings is 2. The van der Waals surface area contributed by atoms with Gasteiger partial charge in [0.15, 0.2) is 0 Å². The summed E-state index contributed by atoms with van der Waals surface area (Å²) in [4.78, 5) is 11.8. The van der Waals surface area contributed by atoms with Crippen LogP contribution in [0.5, 0.6) is 11.5 Å². The Balaban J connectivity index is 2.05. The lowest BCUT2D eigenvalue weighted by molar-refractivity contribution is 0.215. The van der Waals surface area contributed by atoms with E-state index in [1.807, 2.05) is 31.2 Å². The van der Waals surface area contributed by atoms with Gasteiger partial charge in [0.05, 0.1) is 12.8 Å². The van der Waals surface area contributed by atoms with Crippen LogP contribution in [-0.2, 0) is 0 Å². The van der Waals surface area contributed by atoms with Crippen molar-refractivity contribution < 1.29 is 14.3 Å². The summed E-state index contributed by atoms with van der Waals surface area (Å²) in [5.74, 6) is 1.09. The van der Waals surface area contributed by atoms with E-state index in [-0.39, 0.29) is 0 Å². The van der Waals surface area contributed by atoms with E-state index in [2.05, 4.69) is 5.32 Å². The quantitative estimate of drug-likeness (QED) is 0.913. The number of carbonyl (C=O) groups is 1. The van der Waals surface area contributed by atoms with E-state index < -0.39 is 6.09 Å². The first-order valence-corrected chi connectivity index (χ1v) is 5.87. The average molecular weight is 257 g/mol. The first kappa shape index (κ1) is 13.0. The van der Waals surface area contributed by atoms with Crippen molar-refractivity contribution >= 4 is 11.8 Å². The maximum Gasteiger partial charge on any atom is 0.417 e. The van der Waals surface area contributed by atoms with Crippen LogP contribution in [0.2, 0.25) is 0 Å². The van der Waals surface area contributed by atoms with Gasteiger partial charge in [0, 0.05) is 0 Å². The molecule has 4 heteroatoms. The Kier molecular flexibility index (Phi) is 4.03. The highest BCUT2D eigenvalue weighted by Crippen LogP contribution is 2.23. The molecule has 0 saturated heterocycles. The van der Waals surface area contributed by atoms with Crippen LogP contribution < -0.4 is 14.8 Å². The molecule has 0 fully saturated rings. The Morgan fingerprint density at radius 3 is 2.63 bits per heavy atom. The van der Waals surface area contributed by atoms with Crippen molar-refractivity contribution in [2.75, 3.05) is 12.4 Å². The molecule has 0 atom stereocenters. The van der Waals surface area contributed by atoms with Gasteiger partial charge < -0.3 is 9.47 Å². The van der Waals surface area contributed by atoms with Crippen LogP contribution in [-0.4, -0.2) is 13.2 Å². The third-order valence-electron chi connectivity index (χ3n) is 2.54. The Morgan fingerprint density at radius 2 is 1.89 bits per heavy atom. The van der Waals surface area contributed by atoms with E-state index in [0.29, 0.717) is 17.2 Å². The van der Waals surface area contributed by atoms with E-state index >= 15 is 0 Å². The minimum Gasteiger partial charge on any atom is -0.495 e. The van der Waals surface area contributed by atoms with Gasteiger partial charge in [-0.2, -0.15) is 0 Å². The number of amides is 1. The van der Waals surface area contributed by atoms with Crippen LogP contribution in [0.15, 0.2) is 48.5 Å². The number of rotatable bonds is 3. The van der Waals surface area contributed by atoms with E-state index in [0.717, 1.165) is 5.56 Å². The first-order valence-electron chi connectivity index (χ1n) is 5.87. The van der Waals surface area contributed by atoms with Crippen LogP contribution >= 0.6 is 0 Å². The van der Waals surface area contributed by atoms with Gasteiger partial charge in [-0.05, 0) is 36.8 Å². The number of anilines is 1. The van der Waals surface area contributed by atoms with E-state index in [9.17, 15) is 4.79 Å². The summed E-state index contributed by atoms with van der Waals surface area (Å²) in [6, 6.07) is 14.4. The normalized spacial score (nSPS) is 9.79. The lowest BCUT2D eigenvalue weighted by Gasteiger charge is -2.10. The summed E-state index contributed by atoms with van der Waals surface area (Å²) >= 11 is 0. The van der Waals surface area contributed by atoms with E-state index in [4.69, 9.17) is 9.47 Å². The molecule has 0 aliphatic carbocycles. The highest BCUT2D eigenvalue weighted by molar-refractivity contribution is 5.88. The molecule has 19 heavy (non-hydrogen) atoms. The predicted molar refractivity (Wildman–Crippen MR) is 73.8 cm³/mol. The van der Waals surface area contributed by atoms with Gasteiger partial charge >= 0.3 is 6.09 Å². The monoisotopic (exact) mass is 257 g/mol. The number of hydrogen-bond donors (Lipinski definition) is 1. The smallest absolute Gasteiger partial charge is 0.417 e. The number of methoxy groups -OCH3 is 1. The molecule has 0 unspecified atom stereocenters. The summed E-state index contributed by atoms with van der Waals surface area (Å²) in [6.07, 6.45) is -0.546. The molecular formula is C15H15NO3. The average Bonchev–Trinajstić information content (AvgIpc) is 2.39. The molecule has 1 amide bonds. The number of aryl methyl sites for hydroxylation is 1. The molecule has 0 saturated carbocycles. The van der Waals surface area contributed by atoms with Gasteiger partial charge in [0.25, 0.3) is 0 Å². The van der Waals surface area contributed by atoms with Crippen molar-refractivity contribution in [1.82, 2.24) is 0 Å². The SMILES string of the molecule is COc1ccccc1NC(=O)Oc1cccc(C)c1. The Morgan fingerprint density at radius 1 is 1.11 bits per heavy atom. The zero-order chi connectivity index (χ0) is 13.7. The highest BCUT2D eigenvalue weighted by atomic mass is 16.6. The van der Waals surface area contributed by atoms with Gasteiger partial charge in [-0.15, -0.1) is 0 Å². The van der Waals surface area contributed by atoms with Gasteiger partial charge in [-0.25, -0.2) is 4.79 Å². The maximum absolute atomic E-state index is 11.8. The number of nitrogens with one attached hydrogen (secondary N) is 1. The number of para-hydroxylation sites is 2. The molecule has 0 spiro atoms.